The number of nitrogen functional groups attached to an aromatic ring is 1. The molecule has 2 heterocycles. The summed E-state index contributed by atoms with van der Waals surface area (Å²) in [5, 5.41) is 0.545. The van der Waals surface area contributed by atoms with E-state index in [0.29, 0.717) is 10.8 Å². The van der Waals surface area contributed by atoms with Gasteiger partial charge < -0.3 is 15.5 Å². The van der Waals surface area contributed by atoms with Gasteiger partial charge in [0.15, 0.2) is 5.82 Å². The zero-order chi connectivity index (χ0) is 12.3. The molecule has 0 unspecified atom stereocenters. The highest BCUT2D eigenvalue weighted by molar-refractivity contribution is 6.32. The fourth-order valence-electron chi connectivity index (χ4n) is 2.04. The van der Waals surface area contributed by atoms with E-state index >= 15 is 0 Å². The van der Waals surface area contributed by atoms with Crippen LogP contribution in [0.25, 0.3) is 0 Å². The molecule has 1 saturated heterocycles. The Hall–Kier alpha value is -1.07. The maximum atomic E-state index is 6.05. The Kier molecular flexibility index (Phi) is 4.02. The molecule has 0 atom stereocenters. The van der Waals surface area contributed by atoms with Crippen LogP contribution in [0.3, 0.4) is 0 Å². The van der Waals surface area contributed by atoms with E-state index in [0.717, 1.165) is 13.1 Å². The fourth-order valence-corrected chi connectivity index (χ4v) is 2.28. The number of nitrogens with zero attached hydrogens (tertiary/aromatic N) is 4. The van der Waals surface area contributed by atoms with Gasteiger partial charge in [0.1, 0.15) is 5.02 Å². The maximum Gasteiger partial charge on any atom is 0.222 e. The molecule has 0 spiro atoms. The molecule has 17 heavy (non-hydrogen) atoms. The molecule has 1 fully saturated rings. The Morgan fingerprint density at radius 1 is 1.47 bits per heavy atom. The van der Waals surface area contributed by atoms with Crippen LogP contribution >= 0.6 is 11.6 Å². The lowest BCUT2D eigenvalue weighted by Gasteiger charge is -2.22. The summed E-state index contributed by atoms with van der Waals surface area (Å²) in [5.41, 5.74) is 5.57. The molecular weight excluding hydrogens is 238 g/mol. The Morgan fingerprint density at radius 2 is 2.18 bits per heavy atom. The minimum Gasteiger partial charge on any atom is -0.368 e. The van der Waals surface area contributed by atoms with Crippen LogP contribution in [-0.2, 0) is 0 Å². The molecule has 1 aliphatic heterocycles. The second-order valence-corrected chi connectivity index (χ2v) is 4.78. The number of nitrogens with two attached hydrogens (primary N) is 1. The maximum absolute atomic E-state index is 6.05. The number of hydrogen-bond acceptors (Lipinski definition) is 5. The van der Waals surface area contributed by atoms with E-state index in [9.17, 15) is 0 Å². The summed E-state index contributed by atoms with van der Waals surface area (Å²) < 4.78 is 0. The van der Waals surface area contributed by atoms with Crippen LogP contribution in [0.4, 0.5) is 11.8 Å². The second-order valence-electron chi connectivity index (χ2n) is 4.37. The highest BCUT2D eigenvalue weighted by atomic mass is 35.5. The van der Waals surface area contributed by atoms with E-state index in [4.69, 9.17) is 17.3 Å². The highest BCUT2D eigenvalue weighted by Crippen LogP contribution is 2.21. The van der Waals surface area contributed by atoms with Crippen molar-refractivity contribution in [3.05, 3.63) is 11.2 Å². The molecule has 6 heteroatoms. The van der Waals surface area contributed by atoms with E-state index in [1.54, 1.807) is 6.20 Å². The quantitative estimate of drug-likeness (QED) is 0.877. The van der Waals surface area contributed by atoms with Crippen molar-refractivity contribution in [3.8, 4) is 0 Å². The first kappa shape index (κ1) is 12.4. The number of rotatable bonds is 4. The van der Waals surface area contributed by atoms with Gasteiger partial charge in [-0.05, 0) is 25.9 Å². The van der Waals surface area contributed by atoms with Crippen LogP contribution in [0.15, 0.2) is 6.20 Å². The summed E-state index contributed by atoms with van der Waals surface area (Å²) in [4.78, 5) is 12.5. The largest absolute Gasteiger partial charge is 0.368 e. The standard InChI is InChI=1S/C11H18ClN5/c1-16(6-7-17-4-2-3-5-17)10-9(12)8-14-11(13)15-10/h8H,2-7H2,1H3,(H2,13,14,15). The van der Waals surface area contributed by atoms with E-state index < -0.39 is 0 Å². The van der Waals surface area contributed by atoms with Crippen LogP contribution in [0, 0.1) is 0 Å². The Balaban J connectivity index is 1.93. The van der Waals surface area contributed by atoms with Crippen molar-refractivity contribution in [3.63, 3.8) is 0 Å². The third kappa shape index (κ3) is 3.20. The van der Waals surface area contributed by atoms with Crippen molar-refractivity contribution < 1.29 is 0 Å². The lowest BCUT2D eigenvalue weighted by molar-refractivity contribution is 0.346. The monoisotopic (exact) mass is 255 g/mol. The van der Waals surface area contributed by atoms with Crippen molar-refractivity contribution in [2.75, 3.05) is 43.9 Å². The SMILES string of the molecule is CN(CCN1CCCC1)c1nc(N)ncc1Cl. The van der Waals surface area contributed by atoms with Gasteiger partial charge >= 0.3 is 0 Å². The molecule has 0 radical (unpaired) electrons. The second kappa shape index (κ2) is 5.51. The molecule has 1 aromatic heterocycles. The average Bonchev–Trinajstić information content (AvgIpc) is 2.82. The number of anilines is 2. The minimum atomic E-state index is 0.262. The van der Waals surface area contributed by atoms with Gasteiger partial charge in [0.05, 0.1) is 6.20 Å². The van der Waals surface area contributed by atoms with Crippen LogP contribution in [0.1, 0.15) is 12.8 Å². The lowest BCUT2D eigenvalue weighted by atomic mass is 10.4. The van der Waals surface area contributed by atoms with Crippen molar-refractivity contribution in [2.45, 2.75) is 12.8 Å². The van der Waals surface area contributed by atoms with Gasteiger partial charge in [-0.25, -0.2) is 4.98 Å². The van der Waals surface area contributed by atoms with Crippen molar-refractivity contribution >= 4 is 23.4 Å². The predicted octanol–water partition coefficient (Wildman–Crippen LogP) is 1.24. The average molecular weight is 256 g/mol. The molecule has 2 N–H and O–H groups in total. The zero-order valence-electron chi connectivity index (χ0n) is 10.1. The molecule has 0 aliphatic carbocycles. The van der Waals surface area contributed by atoms with E-state index in [1.807, 2.05) is 11.9 Å². The molecule has 1 aromatic rings. The molecule has 0 aromatic carbocycles. The van der Waals surface area contributed by atoms with Crippen LogP contribution in [0.2, 0.25) is 5.02 Å². The normalized spacial score (nSPS) is 16.4. The Bertz CT molecular complexity index is 378. The molecule has 0 saturated carbocycles. The Morgan fingerprint density at radius 3 is 2.88 bits per heavy atom. The minimum absolute atomic E-state index is 0.262. The first-order valence-electron chi connectivity index (χ1n) is 5.88. The van der Waals surface area contributed by atoms with Crippen LogP contribution < -0.4 is 10.6 Å². The van der Waals surface area contributed by atoms with Gasteiger partial charge in [-0.2, -0.15) is 4.98 Å². The number of aromatic nitrogens is 2. The molecular formula is C11H18ClN5. The van der Waals surface area contributed by atoms with Gasteiger partial charge in [-0.3, -0.25) is 0 Å². The van der Waals surface area contributed by atoms with Gasteiger partial charge in [-0.1, -0.05) is 11.6 Å². The summed E-state index contributed by atoms with van der Waals surface area (Å²) >= 11 is 6.05. The molecule has 5 nitrogen and oxygen atoms in total. The summed E-state index contributed by atoms with van der Waals surface area (Å²) in [7, 11) is 1.98. The molecule has 1 aliphatic rings. The summed E-state index contributed by atoms with van der Waals surface area (Å²) in [5.74, 6) is 0.968. The predicted molar refractivity (Wildman–Crippen MR) is 70.4 cm³/mol. The molecule has 0 amide bonds. The van der Waals surface area contributed by atoms with Gasteiger partial charge in [0.25, 0.3) is 0 Å². The first-order chi connectivity index (χ1) is 8.16. The third-order valence-corrected chi connectivity index (χ3v) is 3.32. The van der Waals surface area contributed by atoms with Crippen molar-refractivity contribution in [2.24, 2.45) is 0 Å². The van der Waals surface area contributed by atoms with Gasteiger partial charge in [-0.15, -0.1) is 0 Å². The van der Waals surface area contributed by atoms with Gasteiger partial charge in [0.2, 0.25) is 5.95 Å². The smallest absolute Gasteiger partial charge is 0.222 e. The summed E-state index contributed by atoms with van der Waals surface area (Å²) in [6.07, 6.45) is 4.17. The number of halogens is 1. The number of likely N-dealkylation sites (N-methyl/N-ethyl adjacent to an activating group) is 1. The number of hydrogen-bond donors (Lipinski definition) is 1. The highest BCUT2D eigenvalue weighted by Gasteiger charge is 2.14. The van der Waals surface area contributed by atoms with Crippen molar-refractivity contribution in [1.29, 1.82) is 0 Å². The summed E-state index contributed by atoms with van der Waals surface area (Å²) in [6.45, 7) is 4.34. The van der Waals surface area contributed by atoms with Crippen molar-refractivity contribution in [1.82, 2.24) is 14.9 Å². The summed E-state index contributed by atoms with van der Waals surface area (Å²) in [6, 6.07) is 0. The molecule has 0 bridgehead atoms. The first-order valence-corrected chi connectivity index (χ1v) is 6.26. The molecule has 94 valence electrons. The topological polar surface area (TPSA) is 58.3 Å². The molecule has 2 rings (SSSR count). The van der Waals surface area contributed by atoms with E-state index in [1.165, 1.54) is 25.9 Å². The third-order valence-electron chi connectivity index (χ3n) is 3.06. The van der Waals surface area contributed by atoms with E-state index in [2.05, 4.69) is 14.9 Å². The van der Waals surface area contributed by atoms with Gasteiger partial charge in [0, 0.05) is 20.1 Å². The lowest BCUT2D eigenvalue weighted by Crippen LogP contribution is -2.32. The van der Waals surface area contributed by atoms with E-state index in [-0.39, 0.29) is 5.95 Å². The van der Waals surface area contributed by atoms with Crippen LogP contribution in [-0.4, -0.2) is 48.1 Å². The van der Waals surface area contributed by atoms with Crippen LogP contribution in [0.5, 0.6) is 0 Å². The fraction of sp³-hybridized carbons (Fsp3) is 0.636. The number of likely N-dealkylation sites (tertiary alicyclic amines) is 1. The Labute approximate surface area is 107 Å². The zero-order valence-corrected chi connectivity index (χ0v) is 10.8.